The number of carbonyl (C=O) groups is 3. The fourth-order valence-corrected chi connectivity index (χ4v) is 3.03. The van der Waals surface area contributed by atoms with Crippen LogP contribution in [0.5, 0.6) is 5.75 Å². The second-order valence-corrected chi connectivity index (χ2v) is 6.77. The Hall–Kier alpha value is -2.84. The molecule has 1 aliphatic rings. The molecular formula is C18H12BrClN2O5. The average molecular weight is 452 g/mol. The van der Waals surface area contributed by atoms with E-state index in [-0.39, 0.29) is 5.70 Å². The molecule has 27 heavy (non-hydrogen) atoms. The minimum absolute atomic E-state index is 0.112. The number of urea groups is 1. The number of benzene rings is 2. The third-order valence-corrected chi connectivity index (χ3v) is 4.45. The van der Waals surface area contributed by atoms with Gasteiger partial charge in [0, 0.05) is 5.02 Å². The zero-order valence-electron chi connectivity index (χ0n) is 13.6. The van der Waals surface area contributed by atoms with Gasteiger partial charge in [-0.15, -0.1) is 0 Å². The molecule has 0 unspecified atom stereocenters. The Morgan fingerprint density at radius 1 is 1.22 bits per heavy atom. The van der Waals surface area contributed by atoms with Crippen molar-refractivity contribution in [3.63, 3.8) is 0 Å². The summed E-state index contributed by atoms with van der Waals surface area (Å²) in [7, 11) is 0. The Bertz CT molecular complexity index is 959. The molecule has 1 saturated heterocycles. The van der Waals surface area contributed by atoms with E-state index in [1.165, 1.54) is 6.08 Å². The molecule has 1 fully saturated rings. The Morgan fingerprint density at radius 2 is 1.93 bits per heavy atom. The van der Waals surface area contributed by atoms with Crippen LogP contribution in [0, 0.1) is 0 Å². The largest absolute Gasteiger partial charge is 0.481 e. The van der Waals surface area contributed by atoms with Crippen molar-refractivity contribution in [3.05, 3.63) is 63.2 Å². The fraction of sp³-hybridized carbons (Fsp3) is 0.0556. The number of halogens is 2. The molecule has 0 aliphatic carbocycles. The first-order valence-corrected chi connectivity index (χ1v) is 8.79. The lowest BCUT2D eigenvalue weighted by Gasteiger charge is -2.11. The highest BCUT2D eigenvalue weighted by molar-refractivity contribution is 9.10. The van der Waals surface area contributed by atoms with Gasteiger partial charge in [0.2, 0.25) is 0 Å². The van der Waals surface area contributed by atoms with Crippen molar-refractivity contribution in [1.29, 1.82) is 0 Å². The molecule has 138 valence electrons. The molecule has 9 heteroatoms. The number of nitrogens with one attached hydrogen (secondary N) is 1. The van der Waals surface area contributed by atoms with E-state index in [4.69, 9.17) is 21.4 Å². The van der Waals surface area contributed by atoms with Gasteiger partial charge in [-0.05, 0) is 64.0 Å². The number of carbonyl (C=O) groups excluding carboxylic acids is 2. The lowest BCUT2D eigenvalue weighted by molar-refractivity contribution is -0.139. The van der Waals surface area contributed by atoms with Gasteiger partial charge in [-0.2, -0.15) is 0 Å². The number of carboxylic acids is 1. The summed E-state index contributed by atoms with van der Waals surface area (Å²) < 4.78 is 5.64. The first-order chi connectivity index (χ1) is 12.8. The molecule has 3 rings (SSSR count). The SMILES string of the molecule is O=C(O)COc1ccc(/C=C2/NC(=O)N(c3ccc(Cl)cc3)C2=O)cc1Br. The highest BCUT2D eigenvalue weighted by Crippen LogP contribution is 2.28. The summed E-state index contributed by atoms with van der Waals surface area (Å²) in [6.45, 7) is -0.469. The smallest absolute Gasteiger partial charge is 0.341 e. The molecule has 1 aliphatic heterocycles. The Morgan fingerprint density at radius 3 is 2.56 bits per heavy atom. The number of ether oxygens (including phenoxy) is 1. The van der Waals surface area contributed by atoms with E-state index in [0.29, 0.717) is 26.5 Å². The van der Waals surface area contributed by atoms with E-state index >= 15 is 0 Å². The first-order valence-electron chi connectivity index (χ1n) is 7.62. The van der Waals surface area contributed by atoms with Crippen molar-refractivity contribution in [2.24, 2.45) is 0 Å². The van der Waals surface area contributed by atoms with Crippen LogP contribution in [0.25, 0.3) is 6.08 Å². The van der Waals surface area contributed by atoms with E-state index in [2.05, 4.69) is 21.2 Å². The molecule has 2 aromatic carbocycles. The summed E-state index contributed by atoms with van der Waals surface area (Å²) in [5.74, 6) is -1.23. The lowest BCUT2D eigenvalue weighted by atomic mass is 10.2. The molecule has 1 heterocycles. The molecule has 0 atom stereocenters. The van der Waals surface area contributed by atoms with Crippen LogP contribution >= 0.6 is 27.5 Å². The molecule has 3 amide bonds. The molecule has 0 aromatic heterocycles. The maximum absolute atomic E-state index is 12.6. The van der Waals surface area contributed by atoms with Crippen molar-refractivity contribution in [3.8, 4) is 5.75 Å². The van der Waals surface area contributed by atoms with Crippen LogP contribution in [0.3, 0.4) is 0 Å². The highest BCUT2D eigenvalue weighted by atomic mass is 79.9. The van der Waals surface area contributed by atoms with Crippen molar-refractivity contribution in [2.45, 2.75) is 0 Å². The van der Waals surface area contributed by atoms with Crippen LogP contribution < -0.4 is 15.0 Å². The third kappa shape index (κ3) is 4.29. The second-order valence-electron chi connectivity index (χ2n) is 5.48. The number of hydrogen-bond donors (Lipinski definition) is 2. The van der Waals surface area contributed by atoms with Crippen LogP contribution in [0.1, 0.15) is 5.56 Å². The zero-order chi connectivity index (χ0) is 19.6. The second kappa shape index (κ2) is 7.81. The van der Waals surface area contributed by atoms with Crippen LogP contribution in [0.2, 0.25) is 5.02 Å². The standard InChI is InChI=1S/C18H12BrClN2O5/c19-13-7-10(1-6-15(13)27-9-16(23)24)8-14-17(25)22(18(26)21-14)12-4-2-11(20)3-5-12/h1-8H,9H2,(H,21,26)(H,23,24)/b14-8+. The van der Waals surface area contributed by atoms with Crippen LogP contribution in [0.15, 0.2) is 52.6 Å². The third-order valence-electron chi connectivity index (χ3n) is 3.58. The summed E-state index contributed by atoms with van der Waals surface area (Å²) >= 11 is 9.12. The van der Waals surface area contributed by atoms with Gasteiger partial charge < -0.3 is 15.2 Å². The monoisotopic (exact) mass is 450 g/mol. The number of amides is 3. The lowest BCUT2D eigenvalue weighted by Crippen LogP contribution is -2.30. The minimum atomic E-state index is -1.09. The van der Waals surface area contributed by atoms with Crippen LogP contribution in [-0.2, 0) is 9.59 Å². The Kier molecular flexibility index (Phi) is 5.48. The van der Waals surface area contributed by atoms with Crippen molar-refractivity contribution < 1.29 is 24.2 Å². The summed E-state index contributed by atoms with van der Waals surface area (Å²) in [5.41, 5.74) is 1.14. The summed E-state index contributed by atoms with van der Waals surface area (Å²) in [4.78, 5) is 36.3. The van der Waals surface area contributed by atoms with E-state index in [1.807, 2.05) is 0 Å². The van der Waals surface area contributed by atoms with Crippen molar-refractivity contribution in [2.75, 3.05) is 11.5 Å². The number of carboxylic acid groups (broad SMARTS) is 1. The van der Waals surface area contributed by atoms with Gasteiger partial charge in [-0.1, -0.05) is 17.7 Å². The topological polar surface area (TPSA) is 95.9 Å². The Balaban J connectivity index is 1.82. The van der Waals surface area contributed by atoms with Crippen molar-refractivity contribution in [1.82, 2.24) is 5.32 Å². The average Bonchev–Trinajstić information content (AvgIpc) is 2.88. The maximum Gasteiger partial charge on any atom is 0.341 e. The number of aliphatic carboxylic acids is 1. The van der Waals surface area contributed by atoms with Gasteiger partial charge in [0.1, 0.15) is 11.4 Å². The normalized spacial score (nSPS) is 15.2. The summed E-state index contributed by atoms with van der Waals surface area (Å²) in [6.07, 6.45) is 1.52. The summed E-state index contributed by atoms with van der Waals surface area (Å²) in [5, 5.41) is 11.7. The van der Waals surface area contributed by atoms with E-state index in [0.717, 1.165) is 4.90 Å². The molecule has 0 bridgehead atoms. The number of anilines is 1. The predicted molar refractivity (Wildman–Crippen MR) is 103 cm³/mol. The maximum atomic E-state index is 12.6. The first kappa shape index (κ1) is 18.9. The quantitative estimate of drug-likeness (QED) is 0.534. The van der Waals surface area contributed by atoms with Gasteiger partial charge in [-0.3, -0.25) is 4.79 Å². The predicted octanol–water partition coefficient (Wildman–Crippen LogP) is 3.66. The number of imide groups is 1. The van der Waals surface area contributed by atoms with E-state index < -0.39 is 24.5 Å². The van der Waals surface area contributed by atoms with Gasteiger partial charge in [0.25, 0.3) is 5.91 Å². The van der Waals surface area contributed by atoms with E-state index in [1.54, 1.807) is 42.5 Å². The molecule has 2 N–H and O–H groups in total. The molecule has 0 radical (unpaired) electrons. The zero-order valence-corrected chi connectivity index (χ0v) is 16.0. The molecule has 0 saturated carbocycles. The summed E-state index contributed by atoms with van der Waals surface area (Å²) in [6, 6.07) is 10.6. The number of hydrogen-bond acceptors (Lipinski definition) is 4. The number of rotatable bonds is 5. The van der Waals surface area contributed by atoms with Crippen LogP contribution in [-0.4, -0.2) is 29.6 Å². The van der Waals surface area contributed by atoms with Crippen LogP contribution in [0.4, 0.5) is 10.5 Å². The molecular weight excluding hydrogens is 440 g/mol. The van der Waals surface area contributed by atoms with Gasteiger partial charge in [0.15, 0.2) is 6.61 Å². The van der Waals surface area contributed by atoms with Gasteiger partial charge >= 0.3 is 12.0 Å². The van der Waals surface area contributed by atoms with Crippen molar-refractivity contribution >= 4 is 57.2 Å². The fourth-order valence-electron chi connectivity index (χ4n) is 2.39. The molecule has 2 aromatic rings. The minimum Gasteiger partial charge on any atom is -0.481 e. The molecule has 7 nitrogen and oxygen atoms in total. The Labute approximate surface area is 167 Å². The molecule has 0 spiro atoms. The number of nitrogens with zero attached hydrogens (tertiary/aromatic N) is 1. The van der Waals surface area contributed by atoms with Gasteiger partial charge in [0.05, 0.1) is 10.2 Å². The highest BCUT2D eigenvalue weighted by Gasteiger charge is 2.34. The van der Waals surface area contributed by atoms with Gasteiger partial charge in [-0.25, -0.2) is 14.5 Å². The van der Waals surface area contributed by atoms with E-state index in [9.17, 15) is 14.4 Å².